The number of anilines is 1. The van der Waals surface area contributed by atoms with Crippen LogP contribution in [-0.2, 0) is 4.74 Å². The Balaban J connectivity index is 2.73. The molecule has 0 spiro atoms. The lowest BCUT2D eigenvalue weighted by Gasteiger charge is -2.16. The van der Waals surface area contributed by atoms with Gasteiger partial charge in [0, 0.05) is 20.7 Å². The van der Waals surface area contributed by atoms with E-state index in [1.54, 1.807) is 7.11 Å². The Labute approximate surface area is 106 Å². The zero-order valence-corrected chi connectivity index (χ0v) is 11.1. The van der Waals surface area contributed by atoms with Crippen LogP contribution in [0.5, 0.6) is 6.01 Å². The monoisotopic (exact) mass is 260 g/mol. The maximum absolute atomic E-state index is 5.81. The van der Waals surface area contributed by atoms with Crippen molar-refractivity contribution >= 4 is 17.5 Å². The van der Waals surface area contributed by atoms with Crippen molar-refractivity contribution in [3.05, 3.63) is 5.28 Å². The van der Waals surface area contributed by atoms with Crippen molar-refractivity contribution in [2.45, 2.75) is 13.3 Å². The van der Waals surface area contributed by atoms with Crippen LogP contribution in [0, 0.1) is 0 Å². The van der Waals surface area contributed by atoms with Crippen molar-refractivity contribution in [2.24, 2.45) is 0 Å². The molecule has 0 unspecified atom stereocenters. The molecule has 0 saturated heterocycles. The molecule has 0 aromatic carbocycles. The molecule has 6 nitrogen and oxygen atoms in total. The van der Waals surface area contributed by atoms with Crippen LogP contribution >= 0.6 is 11.6 Å². The van der Waals surface area contributed by atoms with Gasteiger partial charge in [0.2, 0.25) is 11.2 Å². The molecule has 1 aromatic rings. The van der Waals surface area contributed by atoms with E-state index in [1.807, 2.05) is 18.9 Å². The van der Waals surface area contributed by atoms with E-state index in [4.69, 9.17) is 21.1 Å². The topological polar surface area (TPSA) is 60.4 Å². The first-order chi connectivity index (χ1) is 8.17. The summed E-state index contributed by atoms with van der Waals surface area (Å²) < 4.78 is 10.3. The predicted octanol–water partition coefficient (Wildman–Crippen LogP) is 1.40. The molecule has 0 radical (unpaired) electrons. The fourth-order valence-electron chi connectivity index (χ4n) is 1.08. The van der Waals surface area contributed by atoms with Crippen molar-refractivity contribution in [2.75, 3.05) is 38.8 Å². The first kappa shape index (κ1) is 13.9. The molecule has 1 rings (SSSR count). The highest BCUT2D eigenvalue weighted by molar-refractivity contribution is 6.28. The largest absolute Gasteiger partial charge is 0.463 e. The summed E-state index contributed by atoms with van der Waals surface area (Å²) in [6.07, 6.45) is 0.887. The SMILES string of the molecule is CCCOc1nc(Cl)nc(N(C)CCOC)n1. The fourth-order valence-corrected chi connectivity index (χ4v) is 1.23. The quantitative estimate of drug-likeness (QED) is 0.739. The average molecular weight is 261 g/mol. The lowest BCUT2D eigenvalue weighted by atomic mass is 10.5. The Bertz CT molecular complexity index is 351. The van der Waals surface area contributed by atoms with Crippen molar-refractivity contribution < 1.29 is 9.47 Å². The third kappa shape index (κ3) is 4.70. The van der Waals surface area contributed by atoms with Gasteiger partial charge in [-0.05, 0) is 18.0 Å². The highest BCUT2D eigenvalue weighted by Gasteiger charge is 2.09. The summed E-state index contributed by atoms with van der Waals surface area (Å²) in [5.74, 6) is 0.480. The van der Waals surface area contributed by atoms with Gasteiger partial charge in [-0.1, -0.05) is 6.92 Å². The highest BCUT2D eigenvalue weighted by Crippen LogP contribution is 2.14. The summed E-state index contributed by atoms with van der Waals surface area (Å²) >= 11 is 5.81. The van der Waals surface area contributed by atoms with Gasteiger partial charge in [-0.2, -0.15) is 15.0 Å². The first-order valence-electron chi connectivity index (χ1n) is 5.41. The van der Waals surface area contributed by atoms with E-state index in [-0.39, 0.29) is 11.3 Å². The molecule has 0 bridgehead atoms. The van der Waals surface area contributed by atoms with Crippen molar-refractivity contribution in [1.29, 1.82) is 0 Å². The Morgan fingerprint density at radius 1 is 1.24 bits per heavy atom. The number of hydrogen-bond donors (Lipinski definition) is 0. The van der Waals surface area contributed by atoms with Gasteiger partial charge in [0.05, 0.1) is 13.2 Å². The molecule has 96 valence electrons. The molecule has 0 aliphatic heterocycles. The smallest absolute Gasteiger partial charge is 0.322 e. The van der Waals surface area contributed by atoms with Crippen molar-refractivity contribution in [3.63, 3.8) is 0 Å². The van der Waals surface area contributed by atoms with Gasteiger partial charge in [0.1, 0.15) is 0 Å². The summed E-state index contributed by atoms with van der Waals surface area (Å²) in [4.78, 5) is 13.9. The van der Waals surface area contributed by atoms with Gasteiger partial charge < -0.3 is 14.4 Å². The summed E-state index contributed by atoms with van der Waals surface area (Å²) in [5.41, 5.74) is 0. The van der Waals surface area contributed by atoms with Gasteiger partial charge in [0.25, 0.3) is 0 Å². The Kier molecular flexibility index (Phi) is 5.93. The summed E-state index contributed by atoms with van der Waals surface area (Å²) in [7, 11) is 3.50. The molecule has 0 fully saturated rings. The molecule has 0 aliphatic carbocycles. The van der Waals surface area contributed by atoms with E-state index in [0.717, 1.165) is 6.42 Å². The second kappa shape index (κ2) is 7.24. The molecule has 1 heterocycles. The third-order valence-electron chi connectivity index (χ3n) is 1.98. The Hall–Kier alpha value is -1.14. The predicted molar refractivity (Wildman–Crippen MR) is 65.8 cm³/mol. The van der Waals surface area contributed by atoms with Crippen molar-refractivity contribution in [1.82, 2.24) is 15.0 Å². The maximum atomic E-state index is 5.81. The van der Waals surface area contributed by atoms with E-state index in [9.17, 15) is 0 Å². The molecule has 0 atom stereocenters. The van der Waals surface area contributed by atoms with Crippen LogP contribution in [0.3, 0.4) is 0 Å². The molecule has 17 heavy (non-hydrogen) atoms. The Morgan fingerprint density at radius 2 is 2.00 bits per heavy atom. The number of hydrogen-bond acceptors (Lipinski definition) is 6. The lowest BCUT2D eigenvalue weighted by molar-refractivity contribution is 0.206. The minimum absolute atomic E-state index is 0.130. The minimum Gasteiger partial charge on any atom is -0.463 e. The van der Waals surface area contributed by atoms with Crippen LogP contribution < -0.4 is 9.64 Å². The van der Waals surface area contributed by atoms with Gasteiger partial charge in [-0.25, -0.2) is 0 Å². The van der Waals surface area contributed by atoms with Gasteiger partial charge in [-0.15, -0.1) is 0 Å². The van der Waals surface area contributed by atoms with Crippen molar-refractivity contribution in [3.8, 4) is 6.01 Å². The number of halogens is 1. The summed E-state index contributed by atoms with van der Waals surface area (Å²) in [6.45, 7) is 3.82. The van der Waals surface area contributed by atoms with Crippen LogP contribution in [0.15, 0.2) is 0 Å². The normalized spacial score (nSPS) is 10.4. The van der Waals surface area contributed by atoms with E-state index in [2.05, 4.69) is 15.0 Å². The Morgan fingerprint density at radius 3 is 2.65 bits per heavy atom. The zero-order chi connectivity index (χ0) is 12.7. The standard InChI is InChI=1S/C10H17ClN4O2/c1-4-6-17-10-13-8(11)12-9(14-10)15(2)5-7-16-3/h4-7H2,1-3H3. The molecular formula is C10H17ClN4O2. The van der Waals surface area contributed by atoms with E-state index in [0.29, 0.717) is 25.7 Å². The third-order valence-corrected chi connectivity index (χ3v) is 2.15. The molecule has 0 aliphatic rings. The van der Waals surface area contributed by atoms with Crippen LogP contribution in [-0.4, -0.2) is 48.9 Å². The van der Waals surface area contributed by atoms with Crippen LogP contribution in [0.25, 0.3) is 0 Å². The molecule has 1 aromatic heterocycles. The zero-order valence-electron chi connectivity index (χ0n) is 10.3. The summed E-state index contributed by atoms with van der Waals surface area (Å²) in [6, 6.07) is 0.256. The minimum atomic E-state index is 0.130. The maximum Gasteiger partial charge on any atom is 0.322 e. The van der Waals surface area contributed by atoms with Gasteiger partial charge in [0.15, 0.2) is 0 Å². The number of aromatic nitrogens is 3. The van der Waals surface area contributed by atoms with E-state index >= 15 is 0 Å². The average Bonchev–Trinajstić information content (AvgIpc) is 2.32. The molecule has 7 heteroatoms. The number of nitrogens with zero attached hydrogens (tertiary/aromatic N) is 4. The van der Waals surface area contributed by atoms with Crippen LogP contribution in [0.2, 0.25) is 5.28 Å². The molecular weight excluding hydrogens is 244 g/mol. The highest BCUT2D eigenvalue weighted by atomic mass is 35.5. The molecule has 0 N–H and O–H groups in total. The fraction of sp³-hybridized carbons (Fsp3) is 0.700. The number of ether oxygens (including phenoxy) is 2. The van der Waals surface area contributed by atoms with Gasteiger partial charge >= 0.3 is 6.01 Å². The number of likely N-dealkylation sites (N-methyl/N-ethyl adjacent to an activating group) is 1. The summed E-state index contributed by atoms with van der Waals surface area (Å²) in [5, 5.41) is 0.130. The van der Waals surface area contributed by atoms with E-state index in [1.165, 1.54) is 0 Å². The number of methoxy groups -OCH3 is 1. The molecule has 0 saturated carbocycles. The second-order valence-corrected chi connectivity index (χ2v) is 3.79. The van der Waals surface area contributed by atoms with Crippen LogP contribution in [0.4, 0.5) is 5.95 Å². The molecule has 0 amide bonds. The van der Waals surface area contributed by atoms with Gasteiger partial charge in [-0.3, -0.25) is 0 Å². The first-order valence-corrected chi connectivity index (χ1v) is 5.79. The number of rotatable bonds is 7. The lowest BCUT2D eigenvalue weighted by Crippen LogP contribution is -2.24. The second-order valence-electron chi connectivity index (χ2n) is 3.45. The van der Waals surface area contributed by atoms with E-state index < -0.39 is 0 Å². The van der Waals surface area contributed by atoms with Crippen LogP contribution in [0.1, 0.15) is 13.3 Å².